The van der Waals surface area contributed by atoms with Crippen LogP contribution in [0, 0.1) is 13.8 Å². The van der Waals surface area contributed by atoms with Gasteiger partial charge in [0, 0.05) is 25.3 Å². The van der Waals surface area contributed by atoms with Crippen LogP contribution < -0.4 is 14.5 Å². The first kappa shape index (κ1) is 20.4. The SMILES string of the molecule is Cc1ccc(S(=O)(=O)NC[C@H](c2ccc(N(C)C)cc2)[NH+](C)C)cc1C. The van der Waals surface area contributed by atoms with Crippen LogP contribution in [0.5, 0.6) is 0 Å². The maximum atomic E-state index is 12.7. The molecular formula is C20H30N3O2S+. The second-order valence-electron chi connectivity index (χ2n) is 7.21. The summed E-state index contributed by atoms with van der Waals surface area (Å²) >= 11 is 0. The predicted octanol–water partition coefficient (Wildman–Crippen LogP) is 1.53. The summed E-state index contributed by atoms with van der Waals surface area (Å²) in [6.45, 7) is 4.24. The number of benzene rings is 2. The average molecular weight is 377 g/mol. The molecule has 0 unspecified atom stereocenters. The molecule has 2 rings (SSSR count). The number of rotatable bonds is 7. The van der Waals surface area contributed by atoms with Crippen LogP contribution in [0.3, 0.4) is 0 Å². The Hall–Kier alpha value is -1.89. The third-order valence-electron chi connectivity index (χ3n) is 4.77. The first-order valence-corrected chi connectivity index (χ1v) is 10.2. The van der Waals surface area contributed by atoms with Crippen molar-refractivity contribution in [3.63, 3.8) is 0 Å². The highest BCUT2D eigenvalue weighted by Crippen LogP contribution is 2.18. The van der Waals surface area contributed by atoms with Crippen molar-refractivity contribution in [2.75, 3.05) is 39.6 Å². The number of quaternary nitrogens is 1. The molecule has 2 aromatic rings. The van der Waals surface area contributed by atoms with Gasteiger partial charge in [0.2, 0.25) is 10.0 Å². The summed E-state index contributed by atoms with van der Waals surface area (Å²) in [5.74, 6) is 0. The van der Waals surface area contributed by atoms with E-state index < -0.39 is 10.0 Å². The zero-order valence-corrected chi connectivity index (χ0v) is 17.3. The van der Waals surface area contributed by atoms with Gasteiger partial charge in [0.15, 0.2) is 0 Å². The first-order valence-electron chi connectivity index (χ1n) is 8.76. The summed E-state index contributed by atoms with van der Waals surface area (Å²) in [5, 5.41) is 0. The Kier molecular flexibility index (Phi) is 6.44. The van der Waals surface area contributed by atoms with Crippen molar-refractivity contribution in [2.24, 2.45) is 0 Å². The number of sulfonamides is 1. The lowest BCUT2D eigenvalue weighted by molar-refractivity contribution is -0.890. The van der Waals surface area contributed by atoms with Gasteiger partial charge in [-0.15, -0.1) is 0 Å². The second-order valence-corrected chi connectivity index (χ2v) is 8.98. The second kappa shape index (κ2) is 8.20. The molecule has 0 heterocycles. The van der Waals surface area contributed by atoms with Crippen molar-refractivity contribution >= 4 is 15.7 Å². The van der Waals surface area contributed by atoms with Gasteiger partial charge in [-0.3, -0.25) is 0 Å². The van der Waals surface area contributed by atoms with Crippen molar-refractivity contribution in [1.82, 2.24) is 4.72 Å². The molecule has 5 nitrogen and oxygen atoms in total. The van der Waals surface area contributed by atoms with E-state index >= 15 is 0 Å². The summed E-state index contributed by atoms with van der Waals surface area (Å²) in [5.41, 5.74) is 4.29. The quantitative estimate of drug-likeness (QED) is 0.771. The smallest absolute Gasteiger partial charge is 0.240 e. The molecule has 0 bridgehead atoms. The summed E-state index contributed by atoms with van der Waals surface area (Å²) in [7, 11) is 4.55. The molecule has 0 aliphatic heterocycles. The molecule has 26 heavy (non-hydrogen) atoms. The van der Waals surface area contributed by atoms with E-state index in [1.54, 1.807) is 12.1 Å². The summed E-state index contributed by atoms with van der Waals surface area (Å²) in [4.78, 5) is 3.53. The molecule has 0 spiro atoms. The van der Waals surface area contributed by atoms with E-state index in [0.717, 1.165) is 22.4 Å². The Balaban J connectivity index is 2.18. The molecule has 6 heteroatoms. The minimum atomic E-state index is -3.53. The maximum absolute atomic E-state index is 12.7. The molecule has 2 N–H and O–H groups in total. The molecule has 142 valence electrons. The largest absolute Gasteiger partial charge is 0.378 e. The summed E-state index contributed by atoms with van der Waals surface area (Å²) < 4.78 is 28.1. The van der Waals surface area contributed by atoms with Gasteiger partial charge in [0.1, 0.15) is 6.04 Å². The van der Waals surface area contributed by atoms with Crippen LogP contribution in [0.25, 0.3) is 0 Å². The van der Waals surface area contributed by atoms with Crippen LogP contribution in [-0.2, 0) is 10.0 Å². The number of aryl methyl sites for hydroxylation is 2. The van der Waals surface area contributed by atoms with Crippen molar-refractivity contribution in [3.8, 4) is 0 Å². The normalized spacial score (nSPS) is 13.0. The van der Waals surface area contributed by atoms with Crippen LogP contribution in [-0.4, -0.2) is 43.2 Å². The standard InChI is InChI=1S/C20H29N3O2S/c1-15-7-12-19(13-16(15)2)26(24,25)21-14-20(23(5)6)17-8-10-18(11-9-17)22(3)4/h7-13,20-21H,14H2,1-6H3/p+1/t20-/m1/s1. The fraction of sp³-hybridized carbons (Fsp3) is 0.400. The number of nitrogens with zero attached hydrogens (tertiary/aromatic N) is 1. The van der Waals surface area contributed by atoms with Gasteiger partial charge in [-0.1, -0.05) is 18.2 Å². The van der Waals surface area contributed by atoms with Gasteiger partial charge in [0.25, 0.3) is 0 Å². The van der Waals surface area contributed by atoms with E-state index in [1.165, 1.54) is 4.90 Å². The van der Waals surface area contributed by atoms with E-state index in [9.17, 15) is 8.42 Å². The number of anilines is 1. The first-order chi connectivity index (χ1) is 12.1. The van der Waals surface area contributed by atoms with E-state index in [0.29, 0.717) is 11.4 Å². The maximum Gasteiger partial charge on any atom is 0.240 e. The van der Waals surface area contributed by atoms with Crippen LogP contribution in [0.2, 0.25) is 0 Å². The van der Waals surface area contributed by atoms with Gasteiger partial charge in [-0.05, 0) is 49.2 Å². The highest BCUT2D eigenvalue weighted by atomic mass is 32.2. The highest BCUT2D eigenvalue weighted by molar-refractivity contribution is 7.89. The van der Waals surface area contributed by atoms with E-state index in [4.69, 9.17) is 0 Å². The van der Waals surface area contributed by atoms with Crippen molar-refractivity contribution in [1.29, 1.82) is 0 Å². The Morgan fingerprint density at radius 1 is 1.00 bits per heavy atom. The molecule has 0 radical (unpaired) electrons. The third kappa shape index (κ3) is 4.84. The van der Waals surface area contributed by atoms with Crippen molar-refractivity contribution in [3.05, 3.63) is 59.2 Å². The lowest BCUT2D eigenvalue weighted by atomic mass is 10.1. The van der Waals surface area contributed by atoms with Gasteiger partial charge in [-0.2, -0.15) is 0 Å². The Morgan fingerprint density at radius 3 is 2.12 bits per heavy atom. The minimum absolute atomic E-state index is 0.0348. The van der Waals surface area contributed by atoms with Gasteiger partial charge in [0.05, 0.1) is 25.5 Å². The minimum Gasteiger partial charge on any atom is -0.378 e. The van der Waals surface area contributed by atoms with Crippen LogP contribution in [0.1, 0.15) is 22.7 Å². The molecule has 0 aromatic heterocycles. The zero-order chi connectivity index (χ0) is 19.5. The predicted molar refractivity (Wildman–Crippen MR) is 107 cm³/mol. The summed E-state index contributed by atoms with van der Waals surface area (Å²) in [6.07, 6.45) is 0. The van der Waals surface area contributed by atoms with Gasteiger partial charge < -0.3 is 9.80 Å². The Bertz CT molecular complexity index is 844. The van der Waals surface area contributed by atoms with Crippen molar-refractivity contribution in [2.45, 2.75) is 24.8 Å². The van der Waals surface area contributed by atoms with Crippen LogP contribution in [0.15, 0.2) is 47.4 Å². The monoisotopic (exact) mass is 376 g/mol. The van der Waals surface area contributed by atoms with Gasteiger partial charge >= 0.3 is 0 Å². The van der Waals surface area contributed by atoms with E-state index in [1.807, 2.05) is 53.0 Å². The number of likely N-dealkylation sites (N-methyl/N-ethyl adjacent to an activating group) is 1. The lowest BCUT2D eigenvalue weighted by Crippen LogP contribution is -3.07. The van der Waals surface area contributed by atoms with E-state index in [2.05, 4.69) is 29.0 Å². The van der Waals surface area contributed by atoms with Crippen molar-refractivity contribution < 1.29 is 13.3 Å². The molecule has 0 aliphatic carbocycles. The Labute approximate surface area is 157 Å². The Morgan fingerprint density at radius 2 is 1.62 bits per heavy atom. The zero-order valence-electron chi connectivity index (χ0n) is 16.5. The fourth-order valence-electron chi connectivity index (χ4n) is 2.82. The highest BCUT2D eigenvalue weighted by Gasteiger charge is 2.22. The van der Waals surface area contributed by atoms with Crippen LogP contribution >= 0.6 is 0 Å². The summed E-state index contributed by atoms with van der Waals surface area (Å²) in [6, 6.07) is 13.5. The average Bonchev–Trinajstić information content (AvgIpc) is 2.57. The molecule has 0 aliphatic rings. The molecule has 0 saturated carbocycles. The lowest BCUT2D eigenvalue weighted by Gasteiger charge is -2.23. The van der Waals surface area contributed by atoms with Crippen LogP contribution in [0.4, 0.5) is 5.69 Å². The molecule has 0 amide bonds. The number of hydrogen-bond donors (Lipinski definition) is 2. The molecule has 2 aromatic carbocycles. The molecule has 0 saturated heterocycles. The van der Waals surface area contributed by atoms with E-state index in [-0.39, 0.29) is 6.04 Å². The van der Waals surface area contributed by atoms with Gasteiger partial charge in [-0.25, -0.2) is 13.1 Å². The molecule has 0 fully saturated rings. The number of nitrogens with one attached hydrogen (secondary N) is 2. The topological polar surface area (TPSA) is 53.9 Å². The third-order valence-corrected chi connectivity index (χ3v) is 6.20. The number of hydrogen-bond acceptors (Lipinski definition) is 3. The molecule has 1 atom stereocenters. The molecular weight excluding hydrogens is 346 g/mol. The fourth-order valence-corrected chi connectivity index (χ4v) is 3.95.